The van der Waals surface area contributed by atoms with Gasteiger partial charge >= 0.3 is 0 Å². The third-order valence-electron chi connectivity index (χ3n) is 2.93. The third-order valence-corrected chi connectivity index (χ3v) is 3.46. The predicted molar refractivity (Wildman–Crippen MR) is 76.2 cm³/mol. The first-order valence-electron chi connectivity index (χ1n) is 5.70. The molecule has 0 saturated carbocycles. The zero-order valence-electron chi connectivity index (χ0n) is 9.68. The van der Waals surface area contributed by atoms with Crippen molar-refractivity contribution in [1.82, 2.24) is 9.38 Å². The fourth-order valence-electron chi connectivity index (χ4n) is 1.97. The molecule has 0 atom stereocenters. The minimum absolute atomic E-state index is 0.536. The molecule has 0 amide bonds. The molecule has 1 aromatic carbocycles. The summed E-state index contributed by atoms with van der Waals surface area (Å²) in [5.41, 5.74) is 8.94. The molecule has 0 unspecified atom stereocenters. The minimum Gasteiger partial charge on any atom is -0.326 e. The molecule has 0 aliphatic rings. The fourth-order valence-corrected chi connectivity index (χ4v) is 2.23. The predicted octanol–water partition coefficient (Wildman–Crippen LogP) is 3.22. The van der Waals surface area contributed by atoms with Gasteiger partial charge in [-0.1, -0.05) is 34.1 Å². The molecule has 0 aliphatic heterocycles. The molecular weight excluding hydrogens is 290 g/mol. The Hall–Kier alpha value is -1.65. The highest BCUT2D eigenvalue weighted by molar-refractivity contribution is 9.10. The number of halogens is 1. The molecule has 3 aromatic rings. The van der Waals surface area contributed by atoms with Crippen molar-refractivity contribution in [3.63, 3.8) is 0 Å². The van der Waals surface area contributed by atoms with E-state index in [2.05, 4.69) is 25.3 Å². The van der Waals surface area contributed by atoms with Crippen molar-refractivity contribution < 1.29 is 0 Å². The van der Waals surface area contributed by atoms with Crippen molar-refractivity contribution in [2.24, 2.45) is 5.73 Å². The Kier molecular flexibility index (Phi) is 2.89. The minimum atomic E-state index is 0.536. The molecule has 0 saturated heterocycles. The average molecular weight is 302 g/mol. The van der Waals surface area contributed by atoms with Crippen LogP contribution >= 0.6 is 15.9 Å². The van der Waals surface area contributed by atoms with Crippen LogP contribution in [0.2, 0.25) is 0 Å². The van der Waals surface area contributed by atoms with Crippen LogP contribution in [0.15, 0.2) is 53.3 Å². The van der Waals surface area contributed by atoms with Crippen LogP contribution in [0.4, 0.5) is 0 Å². The second-order valence-electron chi connectivity index (χ2n) is 4.13. The van der Waals surface area contributed by atoms with E-state index in [0.717, 1.165) is 26.9 Å². The Morgan fingerprint density at radius 3 is 2.61 bits per heavy atom. The highest BCUT2D eigenvalue weighted by Crippen LogP contribution is 2.22. The van der Waals surface area contributed by atoms with E-state index >= 15 is 0 Å². The summed E-state index contributed by atoms with van der Waals surface area (Å²) in [6, 6.07) is 12.2. The normalized spacial score (nSPS) is 11.0. The lowest BCUT2D eigenvalue weighted by Crippen LogP contribution is -1.98. The number of imidazole rings is 1. The van der Waals surface area contributed by atoms with Crippen LogP contribution < -0.4 is 5.73 Å². The Balaban J connectivity index is 2.19. The van der Waals surface area contributed by atoms with Gasteiger partial charge < -0.3 is 5.73 Å². The van der Waals surface area contributed by atoms with Gasteiger partial charge in [0.25, 0.3) is 0 Å². The summed E-state index contributed by atoms with van der Waals surface area (Å²) in [6.45, 7) is 0.536. The van der Waals surface area contributed by atoms with Gasteiger partial charge in [-0.15, -0.1) is 0 Å². The maximum Gasteiger partial charge on any atom is 0.144 e. The molecule has 2 heterocycles. The summed E-state index contributed by atoms with van der Waals surface area (Å²) < 4.78 is 3.14. The summed E-state index contributed by atoms with van der Waals surface area (Å²) in [5, 5.41) is 0. The van der Waals surface area contributed by atoms with E-state index in [9.17, 15) is 0 Å². The molecule has 3 nitrogen and oxygen atoms in total. The molecule has 0 radical (unpaired) electrons. The lowest BCUT2D eigenvalue weighted by Gasteiger charge is -2.04. The molecular formula is C14H12BrN3. The van der Waals surface area contributed by atoms with E-state index in [4.69, 9.17) is 5.73 Å². The highest BCUT2D eigenvalue weighted by atomic mass is 79.9. The number of aromatic nitrogens is 2. The van der Waals surface area contributed by atoms with Gasteiger partial charge in [0, 0.05) is 22.8 Å². The van der Waals surface area contributed by atoms with E-state index in [0.29, 0.717) is 6.54 Å². The van der Waals surface area contributed by atoms with Crippen LogP contribution in [-0.2, 0) is 6.54 Å². The topological polar surface area (TPSA) is 43.3 Å². The molecule has 2 N–H and O–H groups in total. The van der Waals surface area contributed by atoms with Crippen molar-refractivity contribution >= 4 is 21.4 Å². The van der Waals surface area contributed by atoms with Gasteiger partial charge in [-0.05, 0) is 23.8 Å². The van der Waals surface area contributed by atoms with E-state index in [-0.39, 0.29) is 0 Å². The largest absolute Gasteiger partial charge is 0.326 e. The SMILES string of the molecule is NCc1ccc2cnc(-c3ccc(Br)cc3)n2c1. The number of benzene rings is 1. The summed E-state index contributed by atoms with van der Waals surface area (Å²) >= 11 is 3.44. The molecule has 0 fully saturated rings. The Morgan fingerprint density at radius 1 is 1.11 bits per heavy atom. The van der Waals surface area contributed by atoms with Crippen molar-refractivity contribution in [3.8, 4) is 11.4 Å². The highest BCUT2D eigenvalue weighted by Gasteiger charge is 2.06. The van der Waals surface area contributed by atoms with Crippen molar-refractivity contribution in [2.45, 2.75) is 6.54 Å². The van der Waals surface area contributed by atoms with Crippen molar-refractivity contribution in [1.29, 1.82) is 0 Å². The number of nitrogens with two attached hydrogens (primary N) is 1. The number of fused-ring (bicyclic) bond motifs is 1. The Morgan fingerprint density at radius 2 is 1.89 bits per heavy atom. The molecule has 4 heteroatoms. The van der Waals surface area contributed by atoms with E-state index in [1.54, 1.807) is 0 Å². The van der Waals surface area contributed by atoms with Crippen molar-refractivity contribution in [3.05, 3.63) is 58.8 Å². The van der Waals surface area contributed by atoms with E-state index in [1.807, 2.05) is 48.8 Å². The van der Waals surface area contributed by atoms with Crippen molar-refractivity contribution in [2.75, 3.05) is 0 Å². The maximum atomic E-state index is 5.68. The zero-order chi connectivity index (χ0) is 12.5. The van der Waals surface area contributed by atoms with Gasteiger partial charge in [0.2, 0.25) is 0 Å². The van der Waals surface area contributed by atoms with E-state index in [1.165, 1.54) is 0 Å². The second-order valence-corrected chi connectivity index (χ2v) is 5.04. The smallest absolute Gasteiger partial charge is 0.144 e. The molecule has 0 aliphatic carbocycles. The van der Waals surface area contributed by atoms with Gasteiger partial charge in [-0.2, -0.15) is 0 Å². The lowest BCUT2D eigenvalue weighted by molar-refractivity contribution is 1.03. The average Bonchev–Trinajstić information content (AvgIpc) is 2.82. The number of hydrogen-bond acceptors (Lipinski definition) is 2. The quantitative estimate of drug-likeness (QED) is 0.790. The van der Waals surface area contributed by atoms with Crippen LogP contribution in [0.5, 0.6) is 0 Å². The molecule has 90 valence electrons. The number of nitrogens with zero attached hydrogens (tertiary/aromatic N) is 2. The van der Waals surface area contributed by atoms with Gasteiger partial charge in [0.15, 0.2) is 0 Å². The monoisotopic (exact) mass is 301 g/mol. The molecule has 0 spiro atoms. The first kappa shape index (κ1) is 11.4. The third kappa shape index (κ3) is 1.94. The standard InChI is InChI=1S/C14H12BrN3/c15-12-4-2-11(3-5-12)14-17-8-13-6-1-10(7-16)9-18(13)14/h1-6,8-9H,7,16H2. The van der Waals surface area contributed by atoms with Crippen LogP contribution in [-0.4, -0.2) is 9.38 Å². The van der Waals surface area contributed by atoms with Crippen LogP contribution in [0.25, 0.3) is 16.9 Å². The van der Waals surface area contributed by atoms with Gasteiger partial charge in [-0.3, -0.25) is 4.40 Å². The van der Waals surface area contributed by atoms with Crippen LogP contribution in [0.1, 0.15) is 5.56 Å². The first-order valence-corrected chi connectivity index (χ1v) is 6.49. The number of rotatable bonds is 2. The second kappa shape index (κ2) is 4.55. The van der Waals surface area contributed by atoms with E-state index < -0.39 is 0 Å². The zero-order valence-corrected chi connectivity index (χ0v) is 11.3. The van der Waals surface area contributed by atoms with Gasteiger partial charge in [0.1, 0.15) is 5.82 Å². The Bertz CT molecular complexity index is 686. The summed E-state index contributed by atoms with van der Waals surface area (Å²) in [5.74, 6) is 0.938. The summed E-state index contributed by atoms with van der Waals surface area (Å²) in [4.78, 5) is 4.48. The summed E-state index contributed by atoms with van der Waals surface area (Å²) in [6.07, 6.45) is 3.91. The fraction of sp³-hybridized carbons (Fsp3) is 0.0714. The number of hydrogen-bond donors (Lipinski definition) is 1. The number of pyridine rings is 1. The first-order chi connectivity index (χ1) is 8.78. The summed E-state index contributed by atoms with van der Waals surface area (Å²) in [7, 11) is 0. The maximum absolute atomic E-state index is 5.68. The molecule has 3 rings (SSSR count). The van der Waals surface area contributed by atoms with Gasteiger partial charge in [-0.25, -0.2) is 4.98 Å². The molecule has 18 heavy (non-hydrogen) atoms. The van der Waals surface area contributed by atoms with Gasteiger partial charge in [0.05, 0.1) is 11.7 Å². The molecule has 2 aromatic heterocycles. The van der Waals surface area contributed by atoms with Crippen LogP contribution in [0.3, 0.4) is 0 Å². The Labute approximate surface area is 113 Å². The van der Waals surface area contributed by atoms with Crippen LogP contribution in [0, 0.1) is 0 Å². The lowest BCUT2D eigenvalue weighted by atomic mass is 10.2. The molecule has 0 bridgehead atoms.